The number of methoxy groups -OCH3 is 1. The third kappa shape index (κ3) is 4.98. The monoisotopic (exact) mass is 388 g/mol. The van der Waals surface area contributed by atoms with Crippen LogP contribution in [0.2, 0.25) is 0 Å². The van der Waals surface area contributed by atoms with E-state index < -0.39 is 25.9 Å². The minimum atomic E-state index is -3.87. The van der Waals surface area contributed by atoms with Gasteiger partial charge in [-0.3, -0.25) is 0 Å². The minimum absolute atomic E-state index is 0.0226. The van der Waals surface area contributed by atoms with Gasteiger partial charge in [0.2, 0.25) is 20.0 Å². The third-order valence-corrected chi connectivity index (χ3v) is 5.78. The number of hydrogen-bond donors (Lipinski definition) is 2. The molecule has 0 heterocycles. The van der Waals surface area contributed by atoms with Gasteiger partial charge in [0.1, 0.15) is 0 Å². The zero-order valence-corrected chi connectivity index (χ0v) is 14.9. The van der Waals surface area contributed by atoms with Crippen LogP contribution in [0.3, 0.4) is 0 Å². The first-order chi connectivity index (χ1) is 11.6. The van der Waals surface area contributed by atoms with Crippen molar-refractivity contribution in [2.75, 3.05) is 13.7 Å². The lowest BCUT2D eigenvalue weighted by Gasteiger charge is -2.09. The summed E-state index contributed by atoms with van der Waals surface area (Å²) in [6.07, 6.45) is 0.322. The average Bonchev–Trinajstić information content (AvgIpc) is 2.54. The van der Waals surface area contributed by atoms with Crippen LogP contribution in [0.25, 0.3) is 0 Å². The van der Waals surface area contributed by atoms with E-state index in [2.05, 4.69) is 4.72 Å². The van der Waals surface area contributed by atoms with E-state index in [0.29, 0.717) is 6.42 Å². The van der Waals surface area contributed by atoms with Crippen molar-refractivity contribution in [3.05, 3.63) is 53.8 Å². The first-order valence-electron chi connectivity index (χ1n) is 7.08. The molecule has 2 aromatic rings. The van der Waals surface area contributed by atoms with Crippen LogP contribution in [-0.4, -0.2) is 30.5 Å². The van der Waals surface area contributed by atoms with Gasteiger partial charge in [0.05, 0.1) is 16.9 Å². The predicted octanol–water partition coefficient (Wildman–Crippen LogP) is 1.00. The quantitative estimate of drug-likeness (QED) is 0.734. The van der Waals surface area contributed by atoms with Crippen molar-refractivity contribution in [3.63, 3.8) is 0 Å². The van der Waals surface area contributed by atoms with Crippen LogP contribution >= 0.6 is 0 Å². The fraction of sp³-hybridized carbons (Fsp3) is 0.200. The zero-order valence-electron chi connectivity index (χ0n) is 13.3. The predicted molar refractivity (Wildman–Crippen MR) is 89.7 cm³/mol. The van der Waals surface area contributed by atoms with E-state index in [1.165, 1.54) is 31.4 Å². The van der Waals surface area contributed by atoms with Gasteiger partial charge in [0.25, 0.3) is 0 Å². The summed E-state index contributed by atoms with van der Waals surface area (Å²) in [5.41, 5.74) is 0.719. The molecule has 0 radical (unpaired) electrons. The molecule has 10 heteroatoms. The summed E-state index contributed by atoms with van der Waals surface area (Å²) >= 11 is 0. The summed E-state index contributed by atoms with van der Waals surface area (Å²) in [5, 5.41) is 5.00. The second kappa shape index (κ2) is 7.48. The minimum Gasteiger partial charge on any atom is -0.494 e. The highest BCUT2D eigenvalue weighted by molar-refractivity contribution is 7.89. The molecule has 0 spiro atoms. The zero-order chi connectivity index (χ0) is 18.7. The van der Waals surface area contributed by atoms with Crippen LogP contribution in [0, 0.1) is 5.82 Å². The fourth-order valence-corrected chi connectivity index (χ4v) is 3.63. The molecular weight excluding hydrogens is 371 g/mol. The topological polar surface area (TPSA) is 116 Å². The highest BCUT2D eigenvalue weighted by Gasteiger charge is 2.16. The van der Waals surface area contributed by atoms with Gasteiger partial charge in [-0.2, -0.15) is 0 Å². The van der Waals surface area contributed by atoms with Gasteiger partial charge in [-0.25, -0.2) is 31.1 Å². The van der Waals surface area contributed by atoms with Crippen LogP contribution in [0.15, 0.2) is 52.3 Å². The molecule has 136 valence electrons. The normalized spacial score (nSPS) is 12.1. The molecule has 0 aliphatic carbocycles. The molecule has 0 aromatic heterocycles. The molecule has 0 amide bonds. The smallest absolute Gasteiger partial charge is 0.240 e. The Kier molecular flexibility index (Phi) is 5.78. The summed E-state index contributed by atoms with van der Waals surface area (Å²) in [7, 11) is -6.35. The second-order valence-electron chi connectivity index (χ2n) is 5.13. The van der Waals surface area contributed by atoms with Gasteiger partial charge in [0, 0.05) is 6.54 Å². The van der Waals surface area contributed by atoms with E-state index in [4.69, 9.17) is 9.88 Å². The molecule has 0 unspecified atom stereocenters. The molecule has 0 fully saturated rings. The molecule has 3 N–H and O–H groups in total. The number of nitrogens with one attached hydrogen (secondary N) is 1. The third-order valence-electron chi connectivity index (χ3n) is 3.39. The van der Waals surface area contributed by atoms with Gasteiger partial charge in [-0.1, -0.05) is 12.1 Å². The van der Waals surface area contributed by atoms with Gasteiger partial charge >= 0.3 is 0 Å². The number of nitrogens with two attached hydrogens (primary N) is 1. The van der Waals surface area contributed by atoms with E-state index in [1.807, 2.05) is 0 Å². The number of benzene rings is 2. The molecule has 2 aromatic carbocycles. The SMILES string of the molecule is COc1ccc(S(=O)(=O)NCCc2ccc(S(N)(=O)=O)cc2)cc1F. The van der Waals surface area contributed by atoms with E-state index in [0.717, 1.165) is 11.6 Å². The molecule has 0 saturated heterocycles. The second-order valence-corrected chi connectivity index (χ2v) is 8.46. The summed E-state index contributed by atoms with van der Waals surface area (Å²) < 4.78 is 67.3. The summed E-state index contributed by atoms with van der Waals surface area (Å²) in [6.45, 7) is 0.0602. The van der Waals surface area contributed by atoms with Gasteiger partial charge in [-0.05, 0) is 42.3 Å². The maximum Gasteiger partial charge on any atom is 0.240 e. The first kappa shape index (κ1) is 19.3. The van der Waals surface area contributed by atoms with Gasteiger partial charge in [0.15, 0.2) is 11.6 Å². The maximum absolute atomic E-state index is 13.6. The molecule has 0 atom stereocenters. The van der Waals surface area contributed by atoms with Crippen molar-refractivity contribution < 1.29 is 26.0 Å². The number of ether oxygens (including phenoxy) is 1. The lowest BCUT2D eigenvalue weighted by atomic mass is 10.2. The molecule has 2 rings (SSSR count). The Morgan fingerprint density at radius 2 is 1.64 bits per heavy atom. The Bertz CT molecular complexity index is 958. The molecule has 0 aliphatic heterocycles. The average molecular weight is 388 g/mol. The molecule has 0 bridgehead atoms. The highest BCUT2D eigenvalue weighted by Crippen LogP contribution is 2.20. The van der Waals surface area contributed by atoms with E-state index in [9.17, 15) is 21.2 Å². The Hall–Kier alpha value is -2.01. The maximum atomic E-state index is 13.6. The van der Waals surface area contributed by atoms with Crippen molar-refractivity contribution in [2.24, 2.45) is 5.14 Å². The largest absolute Gasteiger partial charge is 0.494 e. The summed E-state index contributed by atoms with van der Waals surface area (Å²) in [4.78, 5) is -0.235. The van der Waals surface area contributed by atoms with Crippen LogP contribution in [-0.2, 0) is 26.5 Å². The van der Waals surface area contributed by atoms with E-state index in [1.54, 1.807) is 12.1 Å². The first-order valence-corrected chi connectivity index (χ1v) is 10.1. The number of primary sulfonamides is 1. The highest BCUT2D eigenvalue weighted by atomic mass is 32.2. The van der Waals surface area contributed by atoms with Crippen molar-refractivity contribution in [1.82, 2.24) is 4.72 Å². The molecule has 7 nitrogen and oxygen atoms in total. The molecule has 25 heavy (non-hydrogen) atoms. The molecular formula is C15H17FN2O5S2. The Morgan fingerprint density at radius 3 is 2.16 bits per heavy atom. The van der Waals surface area contributed by atoms with Crippen molar-refractivity contribution in [3.8, 4) is 5.75 Å². The van der Waals surface area contributed by atoms with Crippen molar-refractivity contribution in [1.29, 1.82) is 0 Å². The standard InChI is InChI=1S/C15H17FN2O5S2/c1-23-15-7-6-13(10-14(15)16)25(21,22)18-9-8-11-2-4-12(5-3-11)24(17,19)20/h2-7,10,18H,8-9H2,1H3,(H2,17,19,20). The fourth-order valence-electron chi connectivity index (χ4n) is 2.07. The number of halogens is 1. The summed E-state index contributed by atoms with van der Waals surface area (Å²) in [5.74, 6) is -0.821. The Balaban J connectivity index is 2.02. The van der Waals surface area contributed by atoms with Gasteiger partial charge in [-0.15, -0.1) is 0 Å². The van der Waals surface area contributed by atoms with Crippen LogP contribution in [0.1, 0.15) is 5.56 Å². The van der Waals surface area contributed by atoms with Crippen molar-refractivity contribution in [2.45, 2.75) is 16.2 Å². The van der Waals surface area contributed by atoms with E-state index in [-0.39, 0.29) is 22.1 Å². The summed E-state index contributed by atoms with van der Waals surface area (Å²) in [6, 6.07) is 9.13. The van der Waals surface area contributed by atoms with Crippen LogP contribution in [0.5, 0.6) is 5.75 Å². The Morgan fingerprint density at radius 1 is 1.04 bits per heavy atom. The number of rotatable bonds is 7. The molecule has 0 saturated carbocycles. The Labute approximate surface area is 145 Å². The number of hydrogen-bond acceptors (Lipinski definition) is 5. The van der Waals surface area contributed by atoms with Crippen LogP contribution < -0.4 is 14.6 Å². The van der Waals surface area contributed by atoms with Crippen molar-refractivity contribution >= 4 is 20.0 Å². The van der Waals surface area contributed by atoms with E-state index >= 15 is 0 Å². The molecule has 0 aliphatic rings. The van der Waals surface area contributed by atoms with Crippen LogP contribution in [0.4, 0.5) is 4.39 Å². The number of sulfonamides is 2. The lowest BCUT2D eigenvalue weighted by Crippen LogP contribution is -2.26. The van der Waals surface area contributed by atoms with Gasteiger partial charge < -0.3 is 4.74 Å². The lowest BCUT2D eigenvalue weighted by molar-refractivity contribution is 0.385.